The normalized spacial score (nSPS) is 12.0. The van der Waals surface area contributed by atoms with Crippen molar-refractivity contribution >= 4 is 17.9 Å². The molecule has 0 heterocycles. The van der Waals surface area contributed by atoms with E-state index < -0.39 is 6.10 Å². The maximum atomic E-state index is 12.8. The minimum Gasteiger partial charge on any atom is -0.462 e. The van der Waals surface area contributed by atoms with Crippen molar-refractivity contribution in [2.24, 2.45) is 0 Å². The molecule has 0 aliphatic heterocycles. The first-order valence-corrected chi connectivity index (χ1v) is 28.2. The van der Waals surface area contributed by atoms with Crippen molar-refractivity contribution in [3.63, 3.8) is 0 Å². The summed E-state index contributed by atoms with van der Waals surface area (Å²) in [6.45, 7) is 6.67. The minimum atomic E-state index is -0.768. The number of allylic oxidation sites excluding steroid dienone is 2. The van der Waals surface area contributed by atoms with Crippen LogP contribution in [0.5, 0.6) is 0 Å². The van der Waals surface area contributed by atoms with Gasteiger partial charge in [0.2, 0.25) is 0 Å². The quantitative estimate of drug-likeness (QED) is 0.0262. The fraction of sp³-hybridized carbons (Fsp3) is 0.912. The lowest BCUT2D eigenvalue weighted by Crippen LogP contribution is -2.30. The number of ether oxygens (including phenoxy) is 3. The molecule has 6 nitrogen and oxygen atoms in total. The Morgan fingerprint density at radius 2 is 0.524 bits per heavy atom. The van der Waals surface area contributed by atoms with Gasteiger partial charge in [-0.05, 0) is 44.9 Å². The standard InChI is InChI=1S/C57H108O6/c1-4-7-10-13-16-19-22-24-26-28-29-31-32-35-38-41-44-47-50-56(59)62-53-54(52-61-55(58)49-46-43-40-37-34-21-18-15-12-9-6-3)63-57(60)51-48-45-42-39-36-33-30-27-25-23-20-17-14-11-8-5-2/h27,30,54H,4-26,28-29,31-53H2,1-3H3/b30-27-. The van der Waals surface area contributed by atoms with Gasteiger partial charge in [-0.15, -0.1) is 0 Å². The van der Waals surface area contributed by atoms with Gasteiger partial charge in [-0.2, -0.15) is 0 Å². The predicted octanol–water partition coefficient (Wildman–Crippen LogP) is 18.5. The van der Waals surface area contributed by atoms with Crippen molar-refractivity contribution < 1.29 is 28.6 Å². The highest BCUT2D eigenvalue weighted by molar-refractivity contribution is 5.71. The van der Waals surface area contributed by atoms with Gasteiger partial charge in [-0.1, -0.05) is 264 Å². The van der Waals surface area contributed by atoms with E-state index in [1.807, 2.05) is 0 Å². The zero-order valence-electron chi connectivity index (χ0n) is 42.6. The topological polar surface area (TPSA) is 78.9 Å². The molecule has 0 aromatic rings. The lowest BCUT2D eigenvalue weighted by Gasteiger charge is -2.18. The Morgan fingerprint density at radius 3 is 0.794 bits per heavy atom. The zero-order chi connectivity index (χ0) is 45.8. The van der Waals surface area contributed by atoms with Crippen LogP contribution in [0.2, 0.25) is 0 Å². The first kappa shape index (κ1) is 61.1. The third kappa shape index (κ3) is 51.0. The Bertz CT molecular complexity index is 978. The van der Waals surface area contributed by atoms with E-state index in [4.69, 9.17) is 14.2 Å². The van der Waals surface area contributed by atoms with Crippen LogP contribution in [0, 0.1) is 0 Å². The van der Waals surface area contributed by atoms with E-state index in [0.29, 0.717) is 19.3 Å². The second-order valence-corrected chi connectivity index (χ2v) is 19.2. The van der Waals surface area contributed by atoms with Crippen LogP contribution < -0.4 is 0 Å². The second-order valence-electron chi connectivity index (χ2n) is 19.2. The summed E-state index contributed by atoms with van der Waals surface area (Å²) in [4.78, 5) is 38.0. The highest BCUT2D eigenvalue weighted by Crippen LogP contribution is 2.17. The van der Waals surface area contributed by atoms with Gasteiger partial charge in [0.15, 0.2) is 6.10 Å². The van der Waals surface area contributed by atoms with Gasteiger partial charge in [0, 0.05) is 19.3 Å². The molecule has 0 amide bonds. The third-order valence-corrected chi connectivity index (χ3v) is 12.8. The molecule has 6 heteroatoms. The minimum absolute atomic E-state index is 0.0676. The second kappa shape index (κ2) is 52.8. The maximum Gasteiger partial charge on any atom is 0.306 e. The van der Waals surface area contributed by atoms with E-state index >= 15 is 0 Å². The molecule has 0 aliphatic rings. The summed E-state index contributed by atoms with van der Waals surface area (Å²) in [5.41, 5.74) is 0. The number of hydrogen-bond acceptors (Lipinski definition) is 6. The summed E-state index contributed by atoms with van der Waals surface area (Å²) in [5, 5.41) is 0. The van der Waals surface area contributed by atoms with Gasteiger partial charge in [-0.25, -0.2) is 0 Å². The molecular formula is C57H108O6. The van der Waals surface area contributed by atoms with Crippen molar-refractivity contribution in [2.75, 3.05) is 13.2 Å². The van der Waals surface area contributed by atoms with Crippen LogP contribution >= 0.6 is 0 Å². The highest BCUT2D eigenvalue weighted by Gasteiger charge is 2.19. The van der Waals surface area contributed by atoms with E-state index in [-0.39, 0.29) is 31.1 Å². The summed E-state index contributed by atoms with van der Waals surface area (Å²) in [6, 6.07) is 0. The van der Waals surface area contributed by atoms with Gasteiger partial charge < -0.3 is 14.2 Å². The molecule has 63 heavy (non-hydrogen) atoms. The SMILES string of the molecule is CCCCCCCCC/C=C\CCCCCCCC(=O)OC(COC(=O)CCCCCCCCCCCCC)COC(=O)CCCCCCCCCCCCCCCCCCCC. The number of esters is 3. The van der Waals surface area contributed by atoms with Crippen LogP contribution in [-0.4, -0.2) is 37.2 Å². The molecular weight excluding hydrogens is 781 g/mol. The number of carbonyl (C=O) groups is 3. The molecule has 0 saturated heterocycles. The van der Waals surface area contributed by atoms with Crippen LogP contribution in [0.25, 0.3) is 0 Å². The lowest BCUT2D eigenvalue weighted by atomic mass is 10.0. The molecule has 0 radical (unpaired) electrons. The molecule has 0 aliphatic carbocycles. The maximum absolute atomic E-state index is 12.8. The molecule has 0 bridgehead atoms. The summed E-state index contributed by atoms with van der Waals surface area (Å²) in [6.07, 6.45) is 59.1. The number of unbranched alkanes of at least 4 members (excludes halogenated alkanes) is 39. The molecule has 0 spiro atoms. The molecule has 0 aromatic heterocycles. The van der Waals surface area contributed by atoms with E-state index in [1.54, 1.807) is 0 Å². The van der Waals surface area contributed by atoms with Crippen LogP contribution in [0.3, 0.4) is 0 Å². The Morgan fingerprint density at radius 1 is 0.302 bits per heavy atom. The fourth-order valence-corrected chi connectivity index (χ4v) is 8.50. The monoisotopic (exact) mass is 889 g/mol. The number of rotatable bonds is 52. The van der Waals surface area contributed by atoms with E-state index in [0.717, 1.165) is 64.2 Å². The van der Waals surface area contributed by atoms with Crippen LogP contribution in [-0.2, 0) is 28.6 Å². The Hall–Kier alpha value is -1.85. The molecule has 0 saturated carbocycles. The van der Waals surface area contributed by atoms with Crippen LogP contribution in [0.4, 0.5) is 0 Å². The van der Waals surface area contributed by atoms with Crippen LogP contribution in [0.1, 0.15) is 316 Å². The zero-order valence-corrected chi connectivity index (χ0v) is 42.6. The Labute approximate surface area is 392 Å². The largest absolute Gasteiger partial charge is 0.462 e. The van der Waals surface area contributed by atoms with Gasteiger partial charge in [0.25, 0.3) is 0 Å². The van der Waals surface area contributed by atoms with E-state index in [2.05, 4.69) is 32.9 Å². The molecule has 0 N–H and O–H groups in total. The summed E-state index contributed by atoms with van der Waals surface area (Å²) in [5.74, 6) is -0.855. The molecule has 1 atom stereocenters. The van der Waals surface area contributed by atoms with Crippen molar-refractivity contribution in [3.05, 3.63) is 12.2 Å². The molecule has 0 rings (SSSR count). The first-order chi connectivity index (χ1) is 31.0. The molecule has 0 fully saturated rings. The van der Waals surface area contributed by atoms with Gasteiger partial charge in [-0.3, -0.25) is 14.4 Å². The highest BCUT2D eigenvalue weighted by atomic mass is 16.6. The third-order valence-electron chi connectivity index (χ3n) is 12.8. The average Bonchev–Trinajstić information content (AvgIpc) is 3.28. The summed E-state index contributed by atoms with van der Waals surface area (Å²) >= 11 is 0. The Kier molecular flexibility index (Phi) is 51.2. The molecule has 372 valence electrons. The Balaban J connectivity index is 4.29. The number of carbonyl (C=O) groups excluding carboxylic acids is 3. The lowest BCUT2D eigenvalue weighted by molar-refractivity contribution is -0.167. The molecule has 1 unspecified atom stereocenters. The van der Waals surface area contributed by atoms with Crippen LogP contribution in [0.15, 0.2) is 12.2 Å². The fourth-order valence-electron chi connectivity index (χ4n) is 8.50. The first-order valence-electron chi connectivity index (χ1n) is 28.2. The van der Waals surface area contributed by atoms with Gasteiger partial charge in [0.1, 0.15) is 13.2 Å². The van der Waals surface area contributed by atoms with Gasteiger partial charge >= 0.3 is 17.9 Å². The smallest absolute Gasteiger partial charge is 0.306 e. The molecule has 0 aromatic carbocycles. The van der Waals surface area contributed by atoms with Crippen molar-refractivity contribution in [2.45, 2.75) is 322 Å². The van der Waals surface area contributed by atoms with Crippen molar-refractivity contribution in [1.82, 2.24) is 0 Å². The number of hydrogen-bond donors (Lipinski definition) is 0. The van der Waals surface area contributed by atoms with Crippen molar-refractivity contribution in [1.29, 1.82) is 0 Å². The summed E-state index contributed by atoms with van der Waals surface area (Å²) in [7, 11) is 0. The predicted molar refractivity (Wildman–Crippen MR) is 270 cm³/mol. The van der Waals surface area contributed by atoms with Gasteiger partial charge in [0.05, 0.1) is 0 Å². The van der Waals surface area contributed by atoms with Crippen molar-refractivity contribution in [3.8, 4) is 0 Å². The average molecular weight is 889 g/mol. The summed E-state index contributed by atoms with van der Waals surface area (Å²) < 4.78 is 16.8. The van der Waals surface area contributed by atoms with E-state index in [9.17, 15) is 14.4 Å². The van der Waals surface area contributed by atoms with E-state index in [1.165, 1.54) is 212 Å².